The number of hydrogen-bond acceptors (Lipinski definition) is 7. The van der Waals surface area contributed by atoms with Crippen LogP contribution >= 0.6 is 0 Å². The molecule has 3 rings (SSSR count). The number of guanidine groups is 1. The van der Waals surface area contributed by atoms with Crippen LogP contribution in [-0.2, 0) is 30.9 Å². The van der Waals surface area contributed by atoms with Gasteiger partial charge in [0.25, 0.3) is 0 Å². The standard InChI is InChI=1S/C23H34N4O7S/c1-22(2)16-8-9-23(22,19(28)13-16)14-35(31,32)27-18(20(29)30)12-15-4-6-17(7-5-15)33-10-3-11-34-26-21(24)25/h4-7,16,18,27H,3,8-14H2,1-2H3,(H,29,30)(H4,24,25,26)/t16?,18-,23-/m0/s1. The van der Waals surface area contributed by atoms with Crippen LogP contribution in [0.2, 0.25) is 0 Å². The third-order valence-electron chi connectivity index (χ3n) is 7.40. The molecule has 6 N–H and O–H groups in total. The first kappa shape index (κ1) is 26.9. The van der Waals surface area contributed by atoms with Crippen LogP contribution in [0, 0.1) is 22.2 Å². The number of carboxylic acid groups (broad SMARTS) is 1. The van der Waals surface area contributed by atoms with E-state index in [1.54, 1.807) is 24.3 Å². The van der Waals surface area contributed by atoms with E-state index < -0.39 is 32.9 Å². The van der Waals surface area contributed by atoms with E-state index >= 15 is 0 Å². The number of ketones is 1. The quantitative estimate of drug-likeness (QED) is 0.113. The molecule has 0 amide bonds. The molecule has 0 heterocycles. The number of benzene rings is 1. The number of ether oxygens (including phenoxy) is 1. The zero-order valence-electron chi connectivity index (χ0n) is 20.0. The molecule has 0 aliphatic heterocycles. The molecule has 0 radical (unpaired) electrons. The molecule has 2 aliphatic rings. The number of rotatable bonds is 13. The Morgan fingerprint density at radius 2 is 1.97 bits per heavy atom. The second-order valence-electron chi connectivity index (χ2n) is 9.85. The average molecular weight is 511 g/mol. The fourth-order valence-electron chi connectivity index (χ4n) is 5.28. The van der Waals surface area contributed by atoms with E-state index in [4.69, 9.17) is 20.7 Å². The van der Waals surface area contributed by atoms with Gasteiger partial charge in [-0.25, -0.2) is 18.6 Å². The number of hydrogen-bond donors (Lipinski definition) is 5. The predicted molar refractivity (Wildman–Crippen MR) is 128 cm³/mol. The van der Waals surface area contributed by atoms with Crippen LogP contribution in [0.4, 0.5) is 0 Å². The summed E-state index contributed by atoms with van der Waals surface area (Å²) in [4.78, 5) is 29.5. The summed E-state index contributed by atoms with van der Waals surface area (Å²) in [7, 11) is -4.02. The molecule has 0 spiro atoms. The van der Waals surface area contributed by atoms with Crippen LogP contribution in [0.1, 0.15) is 45.1 Å². The lowest BCUT2D eigenvalue weighted by Gasteiger charge is -2.36. The minimum atomic E-state index is -4.02. The molecule has 3 atom stereocenters. The third-order valence-corrected chi connectivity index (χ3v) is 8.92. The Balaban J connectivity index is 1.56. The first-order valence-electron chi connectivity index (χ1n) is 11.6. The highest BCUT2D eigenvalue weighted by Crippen LogP contribution is 2.64. The molecule has 2 bridgehead atoms. The summed E-state index contributed by atoms with van der Waals surface area (Å²) in [6.07, 6.45) is 2.22. The first-order chi connectivity index (χ1) is 16.4. The average Bonchev–Trinajstić information content (AvgIpc) is 3.10. The second-order valence-corrected chi connectivity index (χ2v) is 11.6. The molecule has 194 valence electrons. The fourth-order valence-corrected chi connectivity index (χ4v) is 7.30. The lowest BCUT2D eigenvalue weighted by Crippen LogP contribution is -2.49. The van der Waals surface area contributed by atoms with Crippen LogP contribution in [0.3, 0.4) is 0 Å². The highest BCUT2D eigenvalue weighted by Gasteiger charge is 2.65. The van der Waals surface area contributed by atoms with Crippen molar-refractivity contribution in [1.82, 2.24) is 10.2 Å². The zero-order valence-corrected chi connectivity index (χ0v) is 20.8. The maximum atomic E-state index is 13.0. The monoisotopic (exact) mass is 510 g/mol. The number of nitrogens with one attached hydrogen (secondary N) is 3. The zero-order chi connectivity index (χ0) is 25.9. The van der Waals surface area contributed by atoms with E-state index in [0.29, 0.717) is 43.8 Å². The van der Waals surface area contributed by atoms with Gasteiger partial charge in [0.15, 0.2) is 0 Å². The van der Waals surface area contributed by atoms with Crippen LogP contribution < -0.4 is 20.7 Å². The Kier molecular flexibility index (Phi) is 8.07. The van der Waals surface area contributed by atoms with Crippen LogP contribution in [0.25, 0.3) is 0 Å². The fraction of sp³-hybridized carbons (Fsp3) is 0.609. The summed E-state index contributed by atoms with van der Waals surface area (Å²) in [6.45, 7) is 4.54. The van der Waals surface area contributed by atoms with Crippen molar-refractivity contribution in [3.05, 3.63) is 29.8 Å². The van der Waals surface area contributed by atoms with E-state index in [9.17, 15) is 23.1 Å². The maximum absolute atomic E-state index is 13.0. The maximum Gasteiger partial charge on any atom is 0.322 e. The van der Waals surface area contributed by atoms with E-state index in [2.05, 4.69) is 10.2 Å². The Bertz CT molecular complexity index is 1060. The van der Waals surface area contributed by atoms with Gasteiger partial charge in [-0.2, -0.15) is 0 Å². The summed E-state index contributed by atoms with van der Waals surface area (Å²) in [5.41, 5.74) is 6.55. The Morgan fingerprint density at radius 1 is 1.29 bits per heavy atom. The van der Waals surface area contributed by atoms with Crippen molar-refractivity contribution in [2.75, 3.05) is 19.0 Å². The number of fused-ring (bicyclic) bond motifs is 2. The van der Waals surface area contributed by atoms with Crippen molar-refractivity contribution in [2.24, 2.45) is 22.5 Å². The van der Waals surface area contributed by atoms with Gasteiger partial charge < -0.3 is 15.6 Å². The van der Waals surface area contributed by atoms with Crippen molar-refractivity contribution in [2.45, 2.75) is 52.0 Å². The Morgan fingerprint density at radius 3 is 2.51 bits per heavy atom. The van der Waals surface area contributed by atoms with Crippen molar-refractivity contribution >= 4 is 27.7 Å². The number of hydroxylamine groups is 1. The number of aliphatic carboxylic acids is 1. The SMILES string of the molecule is CC1(C)C2CC[C@]1(CS(=O)(=O)N[C@@H](Cc1ccc(OCCCONC(=N)N)cc1)C(=O)O)C(=O)C2. The molecule has 0 saturated heterocycles. The van der Waals surface area contributed by atoms with E-state index in [1.165, 1.54) is 0 Å². The lowest BCUT2D eigenvalue weighted by atomic mass is 9.70. The van der Waals surface area contributed by atoms with Crippen LogP contribution in [0.15, 0.2) is 24.3 Å². The minimum Gasteiger partial charge on any atom is -0.494 e. The smallest absolute Gasteiger partial charge is 0.322 e. The molecule has 1 aromatic rings. The highest BCUT2D eigenvalue weighted by molar-refractivity contribution is 7.89. The van der Waals surface area contributed by atoms with Crippen LogP contribution in [0.5, 0.6) is 5.75 Å². The molecule has 12 heteroatoms. The van der Waals surface area contributed by atoms with Crippen molar-refractivity contribution in [3.8, 4) is 5.75 Å². The number of Topliss-reactive ketones (excluding diaryl/α,β-unsaturated/α-hetero) is 1. The van der Waals surface area contributed by atoms with E-state index in [1.807, 2.05) is 13.8 Å². The molecule has 11 nitrogen and oxygen atoms in total. The van der Waals surface area contributed by atoms with Gasteiger partial charge in [0.2, 0.25) is 16.0 Å². The summed E-state index contributed by atoms with van der Waals surface area (Å²) in [6, 6.07) is 5.35. The van der Waals surface area contributed by atoms with Gasteiger partial charge in [0.1, 0.15) is 17.6 Å². The van der Waals surface area contributed by atoms with E-state index in [0.717, 1.165) is 6.42 Å². The molecular formula is C23H34N4O7S. The van der Waals surface area contributed by atoms with Crippen molar-refractivity contribution in [1.29, 1.82) is 5.41 Å². The van der Waals surface area contributed by atoms with Gasteiger partial charge in [0, 0.05) is 18.3 Å². The topological polar surface area (TPSA) is 181 Å². The van der Waals surface area contributed by atoms with E-state index in [-0.39, 0.29) is 29.8 Å². The molecule has 2 saturated carbocycles. The van der Waals surface area contributed by atoms with Gasteiger partial charge in [-0.05, 0) is 48.3 Å². The molecule has 35 heavy (non-hydrogen) atoms. The number of nitrogens with two attached hydrogens (primary N) is 1. The molecule has 2 aliphatic carbocycles. The van der Waals surface area contributed by atoms with Crippen molar-refractivity contribution < 1.29 is 32.7 Å². The van der Waals surface area contributed by atoms with Gasteiger partial charge in [-0.3, -0.25) is 19.8 Å². The second kappa shape index (κ2) is 10.5. The minimum absolute atomic E-state index is 0.0340. The number of carboxylic acids is 1. The van der Waals surface area contributed by atoms with Gasteiger partial charge in [-0.15, -0.1) is 0 Å². The van der Waals surface area contributed by atoms with Crippen LogP contribution in [-0.4, -0.2) is 56.2 Å². The lowest BCUT2D eigenvalue weighted by molar-refractivity contribution is -0.138. The number of carbonyl (C=O) groups is 2. The highest BCUT2D eigenvalue weighted by atomic mass is 32.2. The Hall–Kier alpha value is -2.70. The third kappa shape index (κ3) is 6.11. The van der Waals surface area contributed by atoms with Gasteiger partial charge in [0.05, 0.1) is 19.0 Å². The van der Waals surface area contributed by atoms with Gasteiger partial charge in [-0.1, -0.05) is 26.0 Å². The van der Waals surface area contributed by atoms with Crippen molar-refractivity contribution in [3.63, 3.8) is 0 Å². The summed E-state index contributed by atoms with van der Waals surface area (Å²) >= 11 is 0. The molecule has 1 aromatic carbocycles. The Labute approximate surface area is 205 Å². The number of sulfonamides is 1. The first-order valence-corrected chi connectivity index (χ1v) is 13.2. The molecular weight excluding hydrogens is 476 g/mol. The molecule has 0 aromatic heterocycles. The normalized spacial score (nSPS) is 23.7. The predicted octanol–water partition coefficient (Wildman–Crippen LogP) is 1.18. The summed E-state index contributed by atoms with van der Waals surface area (Å²) in [5, 5.41) is 16.6. The molecule has 2 fully saturated rings. The molecule has 1 unspecified atom stereocenters. The number of carbonyl (C=O) groups excluding carboxylic acids is 1. The summed E-state index contributed by atoms with van der Waals surface area (Å²) in [5.74, 6) is -1.25. The largest absolute Gasteiger partial charge is 0.494 e. The van der Waals surface area contributed by atoms with Gasteiger partial charge >= 0.3 is 5.97 Å². The summed E-state index contributed by atoms with van der Waals surface area (Å²) < 4.78 is 33.9.